The minimum atomic E-state index is -0.162. The van der Waals surface area contributed by atoms with E-state index in [9.17, 15) is 9.59 Å². The number of para-hydroxylation sites is 1. The number of piperidine rings is 1. The van der Waals surface area contributed by atoms with Crippen molar-refractivity contribution in [1.29, 1.82) is 0 Å². The van der Waals surface area contributed by atoms with Gasteiger partial charge >= 0.3 is 0 Å². The monoisotopic (exact) mass is 401 g/mol. The molecule has 0 spiro atoms. The average molecular weight is 402 g/mol. The second kappa shape index (κ2) is 9.57. The third-order valence-corrected chi connectivity index (χ3v) is 4.96. The number of hydrogen-bond donors (Lipinski definition) is 2. The highest BCUT2D eigenvalue weighted by Gasteiger charge is 2.27. The van der Waals surface area contributed by atoms with Gasteiger partial charge in [0.2, 0.25) is 11.8 Å². The molecule has 2 N–H and O–H groups in total. The van der Waals surface area contributed by atoms with Crippen LogP contribution in [0.3, 0.4) is 0 Å². The lowest BCUT2D eigenvalue weighted by Crippen LogP contribution is -2.44. The van der Waals surface area contributed by atoms with Gasteiger partial charge in [0.05, 0.1) is 25.3 Å². The maximum Gasteiger partial charge on any atom is 0.238 e. The molecule has 148 valence electrons. The Balaban J connectivity index is 1.55. The zero-order valence-electron chi connectivity index (χ0n) is 15.8. The lowest BCUT2D eigenvalue weighted by molar-refractivity contribution is -0.123. The molecule has 1 heterocycles. The number of benzene rings is 2. The van der Waals surface area contributed by atoms with Crippen molar-refractivity contribution in [3.63, 3.8) is 0 Å². The first-order valence-electron chi connectivity index (χ1n) is 9.27. The van der Waals surface area contributed by atoms with Crippen molar-refractivity contribution < 1.29 is 14.3 Å². The third kappa shape index (κ3) is 5.47. The third-order valence-electron chi connectivity index (χ3n) is 4.72. The molecule has 0 bridgehead atoms. The van der Waals surface area contributed by atoms with Crippen molar-refractivity contribution in [3.05, 3.63) is 53.6 Å². The predicted octanol–water partition coefficient (Wildman–Crippen LogP) is 3.64. The van der Waals surface area contributed by atoms with Crippen LogP contribution >= 0.6 is 11.6 Å². The van der Waals surface area contributed by atoms with Crippen molar-refractivity contribution in [2.45, 2.75) is 12.8 Å². The number of carbonyl (C=O) groups is 2. The Labute approximate surface area is 169 Å². The summed E-state index contributed by atoms with van der Waals surface area (Å²) in [6.07, 6.45) is 1.69. The molecular formula is C21H24ClN3O3. The number of methoxy groups -OCH3 is 1. The Kier molecular flexibility index (Phi) is 6.90. The summed E-state index contributed by atoms with van der Waals surface area (Å²) in [6.45, 7) is 1.55. The summed E-state index contributed by atoms with van der Waals surface area (Å²) < 4.78 is 5.26. The Morgan fingerprint density at radius 1 is 1.18 bits per heavy atom. The molecule has 2 amide bonds. The van der Waals surface area contributed by atoms with Crippen molar-refractivity contribution in [2.75, 3.05) is 37.4 Å². The van der Waals surface area contributed by atoms with Gasteiger partial charge in [0.25, 0.3) is 0 Å². The zero-order valence-corrected chi connectivity index (χ0v) is 16.5. The Hall–Kier alpha value is -2.57. The van der Waals surface area contributed by atoms with E-state index in [0.717, 1.165) is 25.1 Å². The van der Waals surface area contributed by atoms with Crippen molar-refractivity contribution in [1.82, 2.24) is 4.90 Å². The van der Waals surface area contributed by atoms with Crippen LogP contribution < -0.4 is 15.4 Å². The molecular weight excluding hydrogens is 378 g/mol. The van der Waals surface area contributed by atoms with Gasteiger partial charge in [0.15, 0.2) is 0 Å². The van der Waals surface area contributed by atoms with Crippen LogP contribution in [0, 0.1) is 5.92 Å². The number of carbonyl (C=O) groups excluding carboxylic acids is 2. The first-order valence-corrected chi connectivity index (χ1v) is 9.64. The molecule has 1 aliphatic heterocycles. The SMILES string of the molecule is COc1ccc(Cl)cc1NC(=O)CN1CCC[C@@H](C(=O)Nc2ccccc2)C1. The number of rotatable bonds is 6. The topological polar surface area (TPSA) is 70.7 Å². The summed E-state index contributed by atoms with van der Waals surface area (Å²) >= 11 is 6.01. The molecule has 0 radical (unpaired) electrons. The molecule has 28 heavy (non-hydrogen) atoms. The maximum atomic E-state index is 12.5. The van der Waals surface area contributed by atoms with Crippen LogP contribution in [-0.2, 0) is 9.59 Å². The number of nitrogens with zero attached hydrogens (tertiary/aromatic N) is 1. The molecule has 1 atom stereocenters. The van der Waals surface area contributed by atoms with Gasteiger partial charge in [0.1, 0.15) is 5.75 Å². The second-order valence-corrected chi connectivity index (χ2v) is 7.26. The van der Waals surface area contributed by atoms with Gasteiger partial charge in [-0.15, -0.1) is 0 Å². The van der Waals surface area contributed by atoms with Crippen LogP contribution in [0.1, 0.15) is 12.8 Å². The Bertz CT molecular complexity index is 829. The van der Waals surface area contributed by atoms with E-state index < -0.39 is 0 Å². The number of ether oxygens (including phenoxy) is 1. The Morgan fingerprint density at radius 3 is 2.71 bits per heavy atom. The molecule has 7 heteroatoms. The number of amides is 2. The standard InChI is InChI=1S/C21H24ClN3O3/c1-28-19-10-9-16(22)12-18(19)24-20(26)14-25-11-5-6-15(13-25)21(27)23-17-7-3-2-4-8-17/h2-4,7-10,12,15H,5-6,11,13-14H2,1H3,(H,23,27)(H,24,26)/t15-/m1/s1. The van der Waals surface area contributed by atoms with E-state index in [-0.39, 0.29) is 24.3 Å². The fourth-order valence-corrected chi connectivity index (χ4v) is 3.52. The first-order chi connectivity index (χ1) is 13.5. The number of nitrogens with one attached hydrogen (secondary N) is 2. The van der Waals surface area contributed by atoms with Crippen LogP contribution in [0.5, 0.6) is 5.75 Å². The van der Waals surface area contributed by atoms with E-state index in [1.807, 2.05) is 35.2 Å². The molecule has 6 nitrogen and oxygen atoms in total. The molecule has 1 saturated heterocycles. The van der Waals surface area contributed by atoms with Gasteiger partial charge in [-0.2, -0.15) is 0 Å². The molecule has 0 saturated carbocycles. The average Bonchev–Trinajstić information content (AvgIpc) is 2.69. The highest BCUT2D eigenvalue weighted by atomic mass is 35.5. The summed E-state index contributed by atoms with van der Waals surface area (Å²) in [4.78, 5) is 27.0. The molecule has 0 unspecified atom stereocenters. The lowest BCUT2D eigenvalue weighted by Gasteiger charge is -2.31. The van der Waals surface area contributed by atoms with Crippen LogP contribution in [0.2, 0.25) is 5.02 Å². The van der Waals surface area contributed by atoms with E-state index in [1.165, 1.54) is 0 Å². The smallest absolute Gasteiger partial charge is 0.238 e. The predicted molar refractivity (Wildman–Crippen MR) is 111 cm³/mol. The van der Waals surface area contributed by atoms with E-state index in [2.05, 4.69) is 10.6 Å². The van der Waals surface area contributed by atoms with Crippen molar-refractivity contribution in [2.24, 2.45) is 5.92 Å². The summed E-state index contributed by atoms with van der Waals surface area (Å²) in [6, 6.07) is 14.5. The fraction of sp³-hybridized carbons (Fsp3) is 0.333. The van der Waals surface area contributed by atoms with Gasteiger partial charge in [-0.25, -0.2) is 0 Å². The van der Waals surface area contributed by atoms with Gasteiger partial charge in [-0.1, -0.05) is 29.8 Å². The largest absolute Gasteiger partial charge is 0.495 e. The molecule has 3 rings (SSSR count). The molecule has 1 fully saturated rings. The van der Waals surface area contributed by atoms with Gasteiger partial charge in [-0.3, -0.25) is 14.5 Å². The van der Waals surface area contributed by atoms with Crippen LogP contribution in [0.25, 0.3) is 0 Å². The van der Waals surface area contributed by atoms with Gasteiger partial charge in [0, 0.05) is 17.3 Å². The second-order valence-electron chi connectivity index (χ2n) is 6.82. The molecule has 0 aromatic heterocycles. The highest BCUT2D eigenvalue weighted by Crippen LogP contribution is 2.27. The molecule has 1 aliphatic rings. The summed E-state index contributed by atoms with van der Waals surface area (Å²) in [5.74, 6) is 0.247. The molecule has 2 aromatic carbocycles. The number of halogens is 1. The number of likely N-dealkylation sites (tertiary alicyclic amines) is 1. The minimum Gasteiger partial charge on any atom is -0.495 e. The van der Waals surface area contributed by atoms with Crippen molar-refractivity contribution >= 4 is 34.8 Å². The van der Waals surface area contributed by atoms with E-state index in [1.54, 1.807) is 25.3 Å². The van der Waals surface area contributed by atoms with Gasteiger partial charge < -0.3 is 15.4 Å². The molecule has 0 aliphatic carbocycles. The fourth-order valence-electron chi connectivity index (χ4n) is 3.35. The van der Waals surface area contributed by atoms with Gasteiger partial charge in [-0.05, 0) is 49.7 Å². The highest BCUT2D eigenvalue weighted by molar-refractivity contribution is 6.31. The van der Waals surface area contributed by atoms with E-state index in [4.69, 9.17) is 16.3 Å². The van der Waals surface area contributed by atoms with Crippen LogP contribution in [-0.4, -0.2) is 43.5 Å². The van der Waals surface area contributed by atoms with E-state index >= 15 is 0 Å². The zero-order chi connectivity index (χ0) is 19.9. The number of hydrogen-bond acceptors (Lipinski definition) is 4. The number of anilines is 2. The quantitative estimate of drug-likeness (QED) is 0.775. The normalized spacial score (nSPS) is 17.0. The summed E-state index contributed by atoms with van der Waals surface area (Å²) in [5.41, 5.74) is 1.32. The van der Waals surface area contributed by atoms with Crippen molar-refractivity contribution in [3.8, 4) is 5.75 Å². The van der Waals surface area contributed by atoms with Crippen LogP contribution in [0.15, 0.2) is 48.5 Å². The maximum absolute atomic E-state index is 12.5. The first kappa shape index (κ1) is 20.2. The van der Waals surface area contributed by atoms with Crippen LogP contribution in [0.4, 0.5) is 11.4 Å². The van der Waals surface area contributed by atoms with E-state index in [0.29, 0.717) is 23.0 Å². The summed E-state index contributed by atoms with van der Waals surface area (Å²) in [7, 11) is 1.54. The molecule has 2 aromatic rings. The Morgan fingerprint density at radius 2 is 1.96 bits per heavy atom. The lowest BCUT2D eigenvalue weighted by atomic mass is 9.97. The summed E-state index contributed by atoms with van der Waals surface area (Å²) in [5, 5.41) is 6.31. The minimum absolute atomic E-state index is 0.00665.